The van der Waals surface area contributed by atoms with Gasteiger partial charge in [0.15, 0.2) is 5.78 Å². The number of fused-ring (bicyclic) bond motifs is 1. The van der Waals surface area contributed by atoms with Gasteiger partial charge in [-0.3, -0.25) is 4.79 Å². The predicted octanol–water partition coefficient (Wildman–Crippen LogP) is 3.97. The highest BCUT2D eigenvalue weighted by Gasteiger charge is 2.32. The number of rotatable bonds is 6. The molecule has 0 radical (unpaired) electrons. The highest BCUT2D eigenvalue weighted by molar-refractivity contribution is 6.03. The highest BCUT2D eigenvalue weighted by atomic mass is 16.6. The number of ketones is 1. The van der Waals surface area contributed by atoms with Crippen LogP contribution in [-0.4, -0.2) is 42.7 Å². The van der Waals surface area contributed by atoms with Crippen LogP contribution in [0.15, 0.2) is 24.3 Å². The summed E-state index contributed by atoms with van der Waals surface area (Å²) >= 11 is 0. The minimum absolute atomic E-state index is 0.0190. The van der Waals surface area contributed by atoms with Crippen molar-refractivity contribution in [1.82, 2.24) is 4.98 Å². The predicted molar refractivity (Wildman–Crippen MR) is 108 cm³/mol. The third-order valence-electron chi connectivity index (χ3n) is 5.78. The molecule has 0 spiro atoms. The number of carbonyl (C=O) groups is 2. The number of Topliss-reactive ketones (excluding diaryl/α,β-unsaturated/α-hetero) is 1. The van der Waals surface area contributed by atoms with Crippen LogP contribution >= 0.6 is 0 Å². The first-order valence-electron chi connectivity index (χ1n) is 10.3. The van der Waals surface area contributed by atoms with Gasteiger partial charge < -0.3 is 19.2 Å². The second kappa shape index (κ2) is 8.41. The Morgan fingerprint density at radius 3 is 2.72 bits per heavy atom. The Labute approximate surface area is 170 Å². The summed E-state index contributed by atoms with van der Waals surface area (Å²) in [5, 5.41) is 0. The van der Waals surface area contributed by atoms with Gasteiger partial charge in [-0.15, -0.1) is 0 Å². The quantitative estimate of drug-likeness (QED) is 0.747. The van der Waals surface area contributed by atoms with Crippen LogP contribution in [-0.2, 0) is 15.9 Å². The van der Waals surface area contributed by atoms with Gasteiger partial charge in [0.1, 0.15) is 18.1 Å². The molecule has 6 heteroatoms. The van der Waals surface area contributed by atoms with E-state index < -0.39 is 5.97 Å². The molecule has 4 rings (SSSR count). The zero-order valence-electron chi connectivity index (χ0n) is 17.0. The van der Waals surface area contributed by atoms with Crippen molar-refractivity contribution >= 4 is 11.8 Å². The van der Waals surface area contributed by atoms with Gasteiger partial charge in [0.05, 0.1) is 12.7 Å². The van der Waals surface area contributed by atoms with Gasteiger partial charge >= 0.3 is 5.97 Å². The Bertz CT molecular complexity index is 893. The standard InChI is InChI=1S/C23H27NO5/c1-3-27-17-8-6-15(7-9-17)16-11-19-21(20(25)12-16)14(2)22(24-19)23(26)29-13-18-5-4-10-28-18/h6-9,16,18,24H,3-5,10-13H2,1-2H3/t16-,18-/m1/s1. The number of aromatic nitrogens is 1. The lowest BCUT2D eigenvalue weighted by atomic mass is 9.81. The molecule has 0 amide bonds. The number of esters is 1. The molecule has 1 N–H and O–H groups in total. The summed E-state index contributed by atoms with van der Waals surface area (Å²) in [4.78, 5) is 28.6. The van der Waals surface area contributed by atoms with E-state index in [1.165, 1.54) is 0 Å². The van der Waals surface area contributed by atoms with E-state index in [1.54, 1.807) is 0 Å². The number of hydrogen-bond donors (Lipinski definition) is 1. The maximum Gasteiger partial charge on any atom is 0.355 e. The second-order valence-electron chi connectivity index (χ2n) is 7.74. The van der Waals surface area contributed by atoms with Crippen molar-refractivity contribution in [3.8, 4) is 5.75 Å². The van der Waals surface area contributed by atoms with Gasteiger partial charge in [0, 0.05) is 24.3 Å². The Kier molecular flexibility index (Phi) is 5.72. The molecule has 1 aliphatic carbocycles. The molecule has 1 aromatic heterocycles. The van der Waals surface area contributed by atoms with Crippen LogP contribution < -0.4 is 4.74 Å². The van der Waals surface area contributed by atoms with Crippen molar-refractivity contribution in [3.63, 3.8) is 0 Å². The Balaban J connectivity index is 1.49. The zero-order chi connectivity index (χ0) is 20.4. The van der Waals surface area contributed by atoms with E-state index in [9.17, 15) is 9.59 Å². The summed E-state index contributed by atoms with van der Waals surface area (Å²) in [7, 11) is 0. The molecule has 2 aromatic rings. The van der Waals surface area contributed by atoms with Crippen molar-refractivity contribution in [2.24, 2.45) is 0 Å². The summed E-state index contributed by atoms with van der Waals surface area (Å²) in [6.07, 6.45) is 3.02. The smallest absolute Gasteiger partial charge is 0.355 e. The molecule has 154 valence electrons. The maximum absolute atomic E-state index is 12.8. The molecule has 2 heterocycles. The number of nitrogens with one attached hydrogen (secondary N) is 1. The summed E-state index contributed by atoms with van der Waals surface area (Å²) in [6.45, 7) is 5.36. The number of ether oxygens (including phenoxy) is 3. The topological polar surface area (TPSA) is 77.6 Å². The first-order valence-corrected chi connectivity index (χ1v) is 10.3. The molecule has 1 saturated heterocycles. The van der Waals surface area contributed by atoms with Gasteiger partial charge in [0.2, 0.25) is 0 Å². The number of H-pyrrole nitrogens is 1. The molecular weight excluding hydrogens is 370 g/mol. The minimum Gasteiger partial charge on any atom is -0.494 e. The molecule has 2 atom stereocenters. The van der Waals surface area contributed by atoms with Crippen molar-refractivity contribution in [1.29, 1.82) is 0 Å². The van der Waals surface area contributed by atoms with Crippen molar-refractivity contribution in [2.75, 3.05) is 19.8 Å². The molecule has 1 aromatic carbocycles. The summed E-state index contributed by atoms with van der Waals surface area (Å²) in [6, 6.07) is 7.90. The fourth-order valence-corrected chi connectivity index (χ4v) is 4.29. The molecule has 0 bridgehead atoms. The van der Waals surface area contributed by atoms with E-state index in [-0.39, 0.29) is 24.4 Å². The largest absolute Gasteiger partial charge is 0.494 e. The number of aromatic amines is 1. The van der Waals surface area contributed by atoms with Crippen LogP contribution in [0.5, 0.6) is 5.75 Å². The van der Waals surface area contributed by atoms with E-state index >= 15 is 0 Å². The first kappa shape index (κ1) is 19.7. The van der Waals surface area contributed by atoms with E-state index in [4.69, 9.17) is 14.2 Å². The van der Waals surface area contributed by atoms with Crippen LogP contribution in [0.3, 0.4) is 0 Å². The molecule has 1 fully saturated rings. The summed E-state index contributed by atoms with van der Waals surface area (Å²) in [5.41, 5.74) is 3.64. The molecule has 0 saturated carbocycles. The Hall–Kier alpha value is -2.60. The molecule has 1 aliphatic heterocycles. The fraction of sp³-hybridized carbons (Fsp3) is 0.478. The molecule has 29 heavy (non-hydrogen) atoms. The number of benzene rings is 1. The van der Waals surface area contributed by atoms with E-state index in [0.717, 1.165) is 36.5 Å². The van der Waals surface area contributed by atoms with Crippen LogP contribution in [0.25, 0.3) is 0 Å². The van der Waals surface area contributed by atoms with E-state index in [0.29, 0.717) is 36.3 Å². The SMILES string of the molecule is CCOc1ccc([C@H]2CC(=O)c3c([nH]c(C(=O)OC[C@H]4CCCO4)c3C)C2)cc1. The summed E-state index contributed by atoms with van der Waals surface area (Å²) in [5.74, 6) is 0.556. The third kappa shape index (κ3) is 4.08. The van der Waals surface area contributed by atoms with Crippen molar-refractivity contribution in [3.05, 3.63) is 52.3 Å². The highest BCUT2D eigenvalue weighted by Crippen LogP contribution is 2.35. The van der Waals surface area contributed by atoms with Crippen LogP contribution in [0.2, 0.25) is 0 Å². The molecule has 6 nitrogen and oxygen atoms in total. The van der Waals surface area contributed by atoms with Gasteiger partial charge in [-0.2, -0.15) is 0 Å². The van der Waals surface area contributed by atoms with Gasteiger partial charge in [-0.05, 0) is 62.3 Å². The monoisotopic (exact) mass is 397 g/mol. The van der Waals surface area contributed by atoms with Gasteiger partial charge in [-0.25, -0.2) is 4.79 Å². The second-order valence-corrected chi connectivity index (χ2v) is 7.74. The number of hydrogen-bond acceptors (Lipinski definition) is 5. The average molecular weight is 397 g/mol. The lowest BCUT2D eigenvalue weighted by Gasteiger charge is -2.22. The van der Waals surface area contributed by atoms with Crippen LogP contribution in [0, 0.1) is 6.92 Å². The molecule has 0 unspecified atom stereocenters. The average Bonchev–Trinajstić information content (AvgIpc) is 3.35. The lowest BCUT2D eigenvalue weighted by molar-refractivity contribution is 0.0156. The van der Waals surface area contributed by atoms with Crippen molar-refractivity contribution in [2.45, 2.75) is 51.6 Å². The minimum atomic E-state index is -0.419. The fourth-order valence-electron chi connectivity index (χ4n) is 4.29. The van der Waals surface area contributed by atoms with Gasteiger partial charge in [0.25, 0.3) is 0 Å². The molecular formula is C23H27NO5. The van der Waals surface area contributed by atoms with E-state index in [2.05, 4.69) is 4.98 Å². The lowest BCUT2D eigenvalue weighted by Crippen LogP contribution is -2.18. The van der Waals surface area contributed by atoms with Crippen LogP contribution in [0.4, 0.5) is 0 Å². The third-order valence-corrected chi connectivity index (χ3v) is 5.78. The Morgan fingerprint density at radius 2 is 2.03 bits per heavy atom. The van der Waals surface area contributed by atoms with Gasteiger partial charge in [-0.1, -0.05) is 12.1 Å². The molecule has 2 aliphatic rings. The summed E-state index contributed by atoms with van der Waals surface area (Å²) < 4.78 is 16.4. The normalized spacial score (nSPS) is 21.1. The Morgan fingerprint density at radius 1 is 1.24 bits per heavy atom. The number of carbonyl (C=O) groups excluding carboxylic acids is 2. The van der Waals surface area contributed by atoms with Crippen LogP contribution in [0.1, 0.15) is 69.8 Å². The first-order chi connectivity index (χ1) is 14.1. The maximum atomic E-state index is 12.8. The van der Waals surface area contributed by atoms with E-state index in [1.807, 2.05) is 38.1 Å². The zero-order valence-corrected chi connectivity index (χ0v) is 17.0. The van der Waals surface area contributed by atoms with Crippen molar-refractivity contribution < 1.29 is 23.8 Å².